The molecule has 0 unspecified atom stereocenters. The van der Waals surface area contributed by atoms with E-state index in [9.17, 15) is 0 Å². The van der Waals surface area contributed by atoms with Crippen molar-refractivity contribution in [3.8, 4) is 6.07 Å². The van der Waals surface area contributed by atoms with Crippen LogP contribution < -0.4 is 0 Å². The van der Waals surface area contributed by atoms with Gasteiger partial charge in [-0.05, 0) is 18.9 Å². The molecular weight excluding hydrogens is 202 g/mol. The molecule has 0 aromatic carbocycles. The smallest absolute Gasteiger partial charge is 0.144 e. The van der Waals surface area contributed by atoms with Crippen molar-refractivity contribution in [2.75, 3.05) is 13.2 Å². The number of aliphatic hydroxyl groups excluding tert-OH is 1. The van der Waals surface area contributed by atoms with Crippen LogP contribution in [0.5, 0.6) is 0 Å². The maximum atomic E-state index is 9.00. The van der Waals surface area contributed by atoms with Crippen LogP contribution in [0.3, 0.4) is 0 Å². The Morgan fingerprint density at radius 3 is 3.00 bits per heavy atom. The van der Waals surface area contributed by atoms with Crippen LogP contribution >= 0.6 is 0 Å². The van der Waals surface area contributed by atoms with Crippen LogP contribution in [0.1, 0.15) is 24.1 Å². The zero-order chi connectivity index (χ0) is 11.4. The van der Waals surface area contributed by atoms with Crippen molar-refractivity contribution in [1.29, 1.82) is 5.26 Å². The Kier molecular flexibility index (Phi) is 3.50. The van der Waals surface area contributed by atoms with Gasteiger partial charge in [0.2, 0.25) is 0 Å². The highest BCUT2D eigenvalue weighted by Crippen LogP contribution is 2.28. The molecule has 0 amide bonds. The first-order valence-electron chi connectivity index (χ1n) is 5.54. The lowest BCUT2D eigenvalue weighted by atomic mass is 10.2. The SMILES string of the molecule is N#Cc1ncccc1CN(CCO)C1CC1. The Hall–Kier alpha value is -1.44. The summed E-state index contributed by atoms with van der Waals surface area (Å²) in [7, 11) is 0. The number of hydrogen-bond acceptors (Lipinski definition) is 4. The highest BCUT2D eigenvalue weighted by Gasteiger charge is 2.28. The third-order valence-corrected chi connectivity index (χ3v) is 2.82. The van der Waals surface area contributed by atoms with Crippen LogP contribution in [-0.4, -0.2) is 34.2 Å². The van der Waals surface area contributed by atoms with E-state index in [0.717, 1.165) is 5.56 Å². The lowest BCUT2D eigenvalue weighted by Gasteiger charge is -2.20. The van der Waals surface area contributed by atoms with Crippen LogP contribution in [0.4, 0.5) is 0 Å². The van der Waals surface area contributed by atoms with Crippen molar-refractivity contribution >= 4 is 0 Å². The molecule has 1 heterocycles. The number of nitrogens with zero attached hydrogens (tertiary/aromatic N) is 3. The molecule has 84 valence electrons. The van der Waals surface area contributed by atoms with E-state index in [1.54, 1.807) is 6.20 Å². The molecule has 1 saturated carbocycles. The Morgan fingerprint density at radius 2 is 2.38 bits per heavy atom. The van der Waals surface area contributed by atoms with Gasteiger partial charge in [-0.3, -0.25) is 4.90 Å². The summed E-state index contributed by atoms with van der Waals surface area (Å²) in [5.41, 5.74) is 1.44. The minimum atomic E-state index is 0.165. The molecule has 4 nitrogen and oxygen atoms in total. The zero-order valence-corrected chi connectivity index (χ0v) is 9.13. The summed E-state index contributed by atoms with van der Waals surface area (Å²) >= 11 is 0. The Morgan fingerprint density at radius 1 is 1.56 bits per heavy atom. The predicted molar refractivity (Wildman–Crippen MR) is 59.5 cm³/mol. The molecule has 0 radical (unpaired) electrons. The average molecular weight is 217 g/mol. The molecule has 1 aromatic rings. The summed E-state index contributed by atoms with van der Waals surface area (Å²) in [6, 6.07) is 6.46. The van der Waals surface area contributed by atoms with Crippen LogP contribution in [0.2, 0.25) is 0 Å². The highest BCUT2D eigenvalue weighted by atomic mass is 16.3. The van der Waals surface area contributed by atoms with Crippen LogP contribution in [0.15, 0.2) is 18.3 Å². The molecule has 4 heteroatoms. The molecule has 1 aliphatic carbocycles. The quantitative estimate of drug-likeness (QED) is 0.796. The second-order valence-corrected chi connectivity index (χ2v) is 4.05. The second-order valence-electron chi connectivity index (χ2n) is 4.05. The number of nitriles is 1. The molecule has 0 atom stereocenters. The number of rotatable bonds is 5. The van der Waals surface area contributed by atoms with Gasteiger partial charge in [0, 0.05) is 30.9 Å². The fourth-order valence-electron chi connectivity index (χ4n) is 1.84. The van der Waals surface area contributed by atoms with Crippen molar-refractivity contribution < 1.29 is 5.11 Å². The van der Waals surface area contributed by atoms with Gasteiger partial charge in [-0.15, -0.1) is 0 Å². The van der Waals surface area contributed by atoms with Crippen LogP contribution in [0, 0.1) is 11.3 Å². The molecule has 1 fully saturated rings. The third-order valence-electron chi connectivity index (χ3n) is 2.82. The standard InChI is InChI=1S/C12H15N3O/c13-8-12-10(2-1-5-14-12)9-15(6-7-16)11-3-4-11/h1-2,5,11,16H,3-4,6-7,9H2. The molecule has 16 heavy (non-hydrogen) atoms. The fraction of sp³-hybridized carbons (Fsp3) is 0.500. The average Bonchev–Trinajstić information content (AvgIpc) is 3.13. The minimum absolute atomic E-state index is 0.165. The first-order chi connectivity index (χ1) is 7.85. The monoisotopic (exact) mass is 217 g/mol. The molecule has 1 aliphatic rings. The van der Waals surface area contributed by atoms with Gasteiger partial charge in [-0.2, -0.15) is 5.26 Å². The van der Waals surface area contributed by atoms with Crippen molar-refractivity contribution in [3.63, 3.8) is 0 Å². The minimum Gasteiger partial charge on any atom is -0.395 e. The lowest BCUT2D eigenvalue weighted by molar-refractivity contribution is 0.183. The van der Waals surface area contributed by atoms with Gasteiger partial charge < -0.3 is 5.11 Å². The van der Waals surface area contributed by atoms with E-state index in [1.165, 1.54) is 12.8 Å². The van der Waals surface area contributed by atoms with E-state index >= 15 is 0 Å². The van der Waals surface area contributed by atoms with E-state index in [-0.39, 0.29) is 6.61 Å². The van der Waals surface area contributed by atoms with E-state index in [0.29, 0.717) is 24.8 Å². The molecule has 0 saturated heterocycles. The molecule has 1 aromatic heterocycles. The Balaban J connectivity index is 2.09. The van der Waals surface area contributed by atoms with Gasteiger partial charge in [0.15, 0.2) is 0 Å². The Labute approximate surface area is 95.1 Å². The number of aliphatic hydroxyl groups is 1. The molecular formula is C12H15N3O. The third kappa shape index (κ3) is 2.57. The van der Waals surface area contributed by atoms with E-state index in [4.69, 9.17) is 10.4 Å². The van der Waals surface area contributed by atoms with Gasteiger partial charge in [0.05, 0.1) is 6.61 Å². The molecule has 2 rings (SSSR count). The van der Waals surface area contributed by atoms with Gasteiger partial charge in [0.25, 0.3) is 0 Å². The number of pyridine rings is 1. The van der Waals surface area contributed by atoms with E-state index in [1.807, 2.05) is 12.1 Å². The van der Waals surface area contributed by atoms with Crippen LogP contribution in [-0.2, 0) is 6.54 Å². The van der Waals surface area contributed by atoms with Crippen molar-refractivity contribution in [2.24, 2.45) is 0 Å². The van der Waals surface area contributed by atoms with Gasteiger partial charge in [-0.25, -0.2) is 4.98 Å². The molecule has 0 bridgehead atoms. The molecule has 1 N–H and O–H groups in total. The van der Waals surface area contributed by atoms with Crippen LogP contribution in [0.25, 0.3) is 0 Å². The normalized spacial score (nSPS) is 15.1. The number of hydrogen-bond donors (Lipinski definition) is 1. The topological polar surface area (TPSA) is 60.2 Å². The predicted octanol–water partition coefficient (Wildman–Crippen LogP) is 0.910. The summed E-state index contributed by atoms with van der Waals surface area (Å²) in [5, 5.41) is 17.9. The van der Waals surface area contributed by atoms with Crippen molar-refractivity contribution in [2.45, 2.75) is 25.4 Å². The second kappa shape index (κ2) is 5.06. The number of aromatic nitrogens is 1. The first kappa shape index (κ1) is 11.1. The first-order valence-corrected chi connectivity index (χ1v) is 5.54. The molecule has 0 aliphatic heterocycles. The van der Waals surface area contributed by atoms with E-state index < -0.39 is 0 Å². The Bertz CT molecular complexity index is 395. The summed E-state index contributed by atoms with van der Waals surface area (Å²) in [4.78, 5) is 6.26. The summed E-state index contributed by atoms with van der Waals surface area (Å²) in [6.07, 6.45) is 4.03. The van der Waals surface area contributed by atoms with Gasteiger partial charge in [-0.1, -0.05) is 6.07 Å². The lowest BCUT2D eigenvalue weighted by Crippen LogP contribution is -2.29. The summed E-state index contributed by atoms with van der Waals surface area (Å²) < 4.78 is 0. The zero-order valence-electron chi connectivity index (χ0n) is 9.13. The highest BCUT2D eigenvalue weighted by molar-refractivity contribution is 5.30. The fourth-order valence-corrected chi connectivity index (χ4v) is 1.84. The maximum absolute atomic E-state index is 9.00. The molecule has 0 spiro atoms. The van der Waals surface area contributed by atoms with Crippen molar-refractivity contribution in [3.05, 3.63) is 29.6 Å². The van der Waals surface area contributed by atoms with Gasteiger partial charge >= 0.3 is 0 Å². The van der Waals surface area contributed by atoms with E-state index in [2.05, 4.69) is 16.0 Å². The summed E-state index contributed by atoms with van der Waals surface area (Å²) in [5.74, 6) is 0. The summed E-state index contributed by atoms with van der Waals surface area (Å²) in [6.45, 7) is 1.55. The largest absolute Gasteiger partial charge is 0.395 e. The maximum Gasteiger partial charge on any atom is 0.144 e. The van der Waals surface area contributed by atoms with Crippen molar-refractivity contribution in [1.82, 2.24) is 9.88 Å². The van der Waals surface area contributed by atoms with Gasteiger partial charge in [0.1, 0.15) is 11.8 Å².